The van der Waals surface area contributed by atoms with Crippen LogP contribution in [0.1, 0.15) is 19.3 Å². The smallest absolute Gasteiger partial charge is 0.243 e. The highest BCUT2D eigenvalue weighted by Gasteiger charge is 2.22. The highest BCUT2D eigenvalue weighted by molar-refractivity contribution is 7.99. The van der Waals surface area contributed by atoms with Crippen molar-refractivity contribution in [1.29, 1.82) is 0 Å². The summed E-state index contributed by atoms with van der Waals surface area (Å²) in [6.45, 7) is 2.81. The largest absolute Gasteiger partial charge is 0.479 e. The Kier molecular flexibility index (Phi) is 6.73. The van der Waals surface area contributed by atoms with Gasteiger partial charge < -0.3 is 14.4 Å². The first kappa shape index (κ1) is 19.7. The zero-order valence-corrected chi connectivity index (χ0v) is 16.9. The zero-order chi connectivity index (χ0) is 19.2. The molecule has 148 valence electrons. The standard InChI is InChI=1S/C17H26N6O3S/c1-21-11-13(16(20-21)26-3)15-18-19-17(23(15)9-10-25-2)27-12-14(24)22-7-5-4-6-8-22/h11H,4-10,12H2,1-3H3. The van der Waals surface area contributed by atoms with Gasteiger partial charge in [0.2, 0.25) is 11.8 Å². The normalized spacial score (nSPS) is 14.6. The maximum absolute atomic E-state index is 12.5. The lowest BCUT2D eigenvalue weighted by atomic mass is 10.1. The molecule has 2 aromatic rings. The van der Waals surface area contributed by atoms with Crippen molar-refractivity contribution in [2.75, 3.05) is 39.7 Å². The molecule has 0 aliphatic carbocycles. The molecule has 0 bridgehead atoms. The Morgan fingerprint density at radius 2 is 2.00 bits per heavy atom. The summed E-state index contributed by atoms with van der Waals surface area (Å²) in [5, 5.41) is 13.6. The Labute approximate surface area is 163 Å². The first-order chi connectivity index (χ1) is 13.1. The van der Waals surface area contributed by atoms with Crippen LogP contribution in [0.5, 0.6) is 5.88 Å². The van der Waals surface area contributed by atoms with E-state index >= 15 is 0 Å². The molecule has 1 aliphatic heterocycles. The number of amides is 1. The Bertz CT molecular complexity index is 769. The van der Waals surface area contributed by atoms with Gasteiger partial charge in [0.25, 0.3) is 0 Å². The fourth-order valence-electron chi connectivity index (χ4n) is 3.11. The third kappa shape index (κ3) is 4.62. The molecule has 2 aromatic heterocycles. The predicted molar refractivity (Wildman–Crippen MR) is 102 cm³/mol. The molecule has 0 N–H and O–H groups in total. The summed E-state index contributed by atoms with van der Waals surface area (Å²) in [7, 11) is 5.06. The Hall–Kier alpha value is -2.07. The average Bonchev–Trinajstić information content (AvgIpc) is 3.27. The number of aromatic nitrogens is 5. The summed E-state index contributed by atoms with van der Waals surface area (Å²) >= 11 is 1.41. The summed E-state index contributed by atoms with van der Waals surface area (Å²) in [6.07, 6.45) is 5.23. The van der Waals surface area contributed by atoms with Gasteiger partial charge in [-0.1, -0.05) is 11.8 Å². The number of ether oxygens (including phenoxy) is 2. The lowest BCUT2D eigenvalue weighted by Gasteiger charge is -2.26. The van der Waals surface area contributed by atoms with E-state index in [2.05, 4.69) is 15.3 Å². The lowest BCUT2D eigenvalue weighted by Crippen LogP contribution is -2.36. The second kappa shape index (κ2) is 9.23. The molecule has 0 saturated carbocycles. The maximum atomic E-state index is 12.5. The second-order valence-electron chi connectivity index (χ2n) is 6.41. The lowest BCUT2D eigenvalue weighted by molar-refractivity contribution is -0.129. The molecule has 0 aromatic carbocycles. The van der Waals surface area contributed by atoms with Crippen molar-refractivity contribution in [2.24, 2.45) is 7.05 Å². The molecular weight excluding hydrogens is 368 g/mol. The second-order valence-corrected chi connectivity index (χ2v) is 7.35. The van der Waals surface area contributed by atoms with E-state index in [-0.39, 0.29) is 5.91 Å². The minimum atomic E-state index is 0.154. The van der Waals surface area contributed by atoms with Gasteiger partial charge in [-0.25, -0.2) is 0 Å². The summed E-state index contributed by atoms with van der Waals surface area (Å²) in [5.41, 5.74) is 0.762. The van der Waals surface area contributed by atoms with Crippen molar-refractivity contribution in [3.63, 3.8) is 0 Å². The number of hydrogen-bond donors (Lipinski definition) is 0. The summed E-state index contributed by atoms with van der Waals surface area (Å²) in [6, 6.07) is 0. The Morgan fingerprint density at radius 1 is 1.22 bits per heavy atom. The van der Waals surface area contributed by atoms with Gasteiger partial charge >= 0.3 is 0 Å². The van der Waals surface area contributed by atoms with Crippen molar-refractivity contribution >= 4 is 17.7 Å². The number of methoxy groups -OCH3 is 2. The topological polar surface area (TPSA) is 87.3 Å². The Morgan fingerprint density at radius 3 is 2.70 bits per heavy atom. The van der Waals surface area contributed by atoms with Crippen molar-refractivity contribution < 1.29 is 14.3 Å². The maximum Gasteiger partial charge on any atom is 0.243 e. The van der Waals surface area contributed by atoms with E-state index in [1.54, 1.807) is 18.9 Å². The number of likely N-dealkylation sites (tertiary alicyclic amines) is 1. The molecule has 27 heavy (non-hydrogen) atoms. The first-order valence-corrected chi connectivity index (χ1v) is 10.0. The molecule has 1 saturated heterocycles. The average molecular weight is 395 g/mol. The third-order valence-electron chi connectivity index (χ3n) is 4.50. The van der Waals surface area contributed by atoms with E-state index in [9.17, 15) is 4.79 Å². The molecule has 1 aliphatic rings. The highest BCUT2D eigenvalue weighted by atomic mass is 32.2. The van der Waals surface area contributed by atoms with Gasteiger partial charge in [-0.05, 0) is 19.3 Å². The van der Waals surface area contributed by atoms with Crippen LogP contribution >= 0.6 is 11.8 Å². The number of carbonyl (C=O) groups is 1. The summed E-state index contributed by atoms with van der Waals surface area (Å²) < 4.78 is 14.2. The van der Waals surface area contributed by atoms with Crippen LogP contribution in [0.15, 0.2) is 11.4 Å². The summed E-state index contributed by atoms with van der Waals surface area (Å²) in [4.78, 5) is 14.4. The minimum absolute atomic E-state index is 0.154. The van der Waals surface area contributed by atoms with Crippen LogP contribution in [0.3, 0.4) is 0 Å². The fourth-order valence-corrected chi connectivity index (χ4v) is 3.98. The molecule has 0 spiro atoms. The van der Waals surface area contributed by atoms with Gasteiger partial charge in [-0.3, -0.25) is 14.0 Å². The number of aryl methyl sites for hydroxylation is 1. The third-order valence-corrected chi connectivity index (χ3v) is 5.45. The Balaban J connectivity index is 1.78. The fraction of sp³-hybridized carbons (Fsp3) is 0.647. The van der Waals surface area contributed by atoms with Crippen molar-refractivity contribution in [3.05, 3.63) is 6.20 Å². The van der Waals surface area contributed by atoms with Gasteiger partial charge in [0, 0.05) is 33.4 Å². The van der Waals surface area contributed by atoms with E-state index in [0.717, 1.165) is 31.5 Å². The van der Waals surface area contributed by atoms with Crippen LogP contribution in [0, 0.1) is 0 Å². The van der Waals surface area contributed by atoms with E-state index in [0.29, 0.717) is 35.8 Å². The number of rotatable bonds is 8. The van der Waals surface area contributed by atoms with E-state index in [1.807, 2.05) is 22.7 Å². The molecule has 10 heteroatoms. The number of thioether (sulfide) groups is 1. The molecule has 3 rings (SSSR count). The summed E-state index contributed by atoms with van der Waals surface area (Å²) in [5.74, 6) is 1.66. The van der Waals surface area contributed by atoms with E-state index in [4.69, 9.17) is 9.47 Å². The number of hydrogen-bond acceptors (Lipinski definition) is 7. The van der Waals surface area contributed by atoms with Crippen molar-refractivity contribution in [3.8, 4) is 17.3 Å². The molecule has 1 fully saturated rings. The van der Waals surface area contributed by atoms with Gasteiger partial charge in [0.05, 0.1) is 26.0 Å². The van der Waals surface area contributed by atoms with Gasteiger partial charge in [-0.2, -0.15) is 0 Å². The van der Waals surface area contributed by atoms with Crippen LogP contribution in [-0.2, 0) is 23.1 Å². The number of nitrogens with zero attached hydrogens (tertiary/aromatic N) is 6. The van der Waals surface area contributed by atoms with Gasteiger partial charge in [0.1, 0.15) is 5.56 Å². The van der Waals surface area contributed by atoms with Crippen molar-refractivity contribution in [2.45, 2.75) is 31.0 Å². The van der Waals surface area contributed by atoms with Gasteiger partial charge in [0.15, 0.2) is 11.0 Å². The van der Waals surface area contributed by atoms with Crippen LogP contribution in [0.2, 0.25) is 0 Å². The predicted octanol–water partition coefficient (Wildman–Crippen LogP) is 1.44. The molecule has 0 atom stereocenters. The van der Waals surface area contributed by atoms with Crippen LogP contribution < -0.4 is 4.74 Å². The number of carbonyl (C=O) groups excluding carboxylic acids is 1. The highest BCUT2D eigenvalue weighted by Crippen LogP contribution is 2.30. The minimum Gasteiger partial charge on any atom is -0.479 e. The van der Waals surface area contributed by atoms with Crippen LogP contribution in [0.25, 0.3) is 11.4 Å². The monoisotopic (exact) mass is 394 g/mol. The molecule has 1 amide bonds. The quantitative estimate of drug-likeness (QED) is 0.626. The van der Waals surface area contributed by atoms with Crippen LogP contribution in [-0.4, -0.2) is 75.0 Å². The molecule has 0 radical (unpaired) electrons. The van der Waals surface area contributed by atoms with Gasteiger partial charge in [-0.15, -0.1) is 15.3 Å². The molecule has 3 heterocycles. The molecular formula is C17H26N6O3S. The molecule has 0 unspecified atom stereocenters. The van der Waals surface area contributed by atoms with E-state index < -0.39 is 0 Å². The SMILES string of the molecule is COCCn1c(SCC(=O)N2CCCCC2)nnc1-c1cn(C)nc1OC. The van der Waals surface area contributed by atoms with Crippen molar-refractivity contribution in [1.82, 2.24) is 29.4 Å². The number of piperidine rings is 1. The van der Waals surface area contributed by atoms with E-state index in [1.165, 1.54) is 18.2 Å². The first-order valence-electron chi connectivity index (χ1n) is 9.04. The molecule has 9 nitrogen and oxygen atoms in total. The zero-order valence-electron chi connectivity index (χ0n) is 16.1. The van der Waals surface area contributed by atoms with Crippen LogP contribution in [0.4, 0.5) is 0 Å².